The normalized spacial score (nSPS) is 12.5. The maximum Gasteiger partial charge on any atom is 0.262 e. The summed E-state index contributed by atoms with van der Waals surface area (Å²) in [5, 5.41) is 7.11. The SMILES string of the molecule is Cc1cc(NC(=O)[C@H](C)Sc2nc3sc(C)c(C)c3c(=O)n2C)on1. The first-order valence-corrected chi connectivity index (χ1v) is 9.35. The molecule has 0 bridgehead atoms. The fraction of sp³-hybridized carbons (Fsp3) is 0.375. The second-order valence-corrected chi connectivity index (χ2v) is 8.31. The van der Waals surface area contributed by atoms with Crippen LogP contribution >= 0.6 is 23.1 Å². The number of anilines is 1. The van der Waals surface area contributed by atoms with E-state index in [9.17, 15) is 9.59 Å². The number of carbonyl (C=O) groups excluding carboxylic acids is 1. The third-order valence-electron chi connectivity index (χ3n) is 3.90. The van der Waals surface area contributed by atoms with Gasteiger partial charge in [-0.25, -0.2) is 4.98 Å². The van der Waals surface area contributed by atoms with Crippen molar-refractivity contribution in [2.75, 3.05) is 5.32 Å². The highest BCUT2D eigenvalue weighted by Gasteiger charge is 2.21. The van der Waals surface area contributed by atoms with E-state index in [-0.39, 0.29) is 11.5 Å². The molecule has 0 saturated heterocycles. The number of aryl methyl sites for hydroxylation is 3. The van der Waals surface area contributed by atoms with Crippen LogP contribution in [0.25, 0.3) is 10.2 Å². The zero-order chi connectivity index (χ0) is 18.3. The summed E-state index contributed by atoms with van der Waals surface area (Å²) in [5.74, 6) is 0.0609. The van der Waals surface area contributed by atoms with Gasteiger partial charge in [0.05, 0.1) is 16.3 Å². The maximum absolute atomic E-state index is 12.6. The van der Waals surface area contributed by atoms with Gasteiger partial charge in [0.2, 0.25) is 11.8 Å². The topological polar surface area (TPSA) is 90.0 Å². The smallest absolute Gasteiger partial charge is 0.262 e. The number of nitrogens with zero attached hydrogens (tertiary/aromatic N) is 3. The summed E-state index contributed by atoms with van der Waals surface area (Å²) in [7, 11) is 1.67. The summed E-state index contributed by atoms with van der Waals surface area (Å²) in [6, 6.07) is 1.65. The zero-order valence-corrected chi connectivity index (χ0v) is 16.2. The Kier molecular flexibility index (Phi) is 4.70. The van der Waals surface area contributed by atoms with E-state index in [1.54, 1.807) is 27.0 Å². The van der Waals surface area contributed by atoms with Crippen LogP contribution in [0.2, 0.25) is 0 Å². The summed E-state index contributed by atoms with van der Waals surface area (Å²) in [5.41, 5.74) is 1.57. The van der Waals surface area contributed by atoms with Gasteiger partial charge in [-0.2, -0.15) is 0 Å². The first-order chi connectivity index (χ1) is 11.8. The molecule has 1 atom stereocenters. The van der Waals surface area contributed by atoms with Gasteiger partial charge in [0, 0.05) is 18.0 Å². The molecule has 0 spiro atoms. The minimum Gasteiger partial charge on any atom is -0.338 e. The molecule has 3 heterocycles. The Morgan fingerprint density at radius 1 is 1.40 bits per heavy atom. The fourth-order valence-electron chi connectivity index (χ4n) is 2.32. The third kappa shape index (κ3) is 3.34. The van der Waals surface area contributed by atoms with E-state index < -0.39 is 5.25 Å². The predicted octanol–water partition coefficient (Wildman–Crippen LogP) is 3.03. The van der Waals surface area contributed by atoms with Gasteiger partial charge in [-0.15, -0.1) is 11.3 Å². The zero-order valence-electron chi connectivity index (χ0n) is 14.5. The molecule has 132 valence electrons. The van der Waals surface area contributed by atoms with Gasteiger partial charge in [0.15, 0.2) is 5.16 Å². The first kappa shape index (κ1) is 17.7. The summed E-state index contributed by atoms with van der Waals surface area (Å²) < 4.78 is 6.49. The third-order valence-corrected chi connectivity index (χ3v) is 6.14. The lowest BCUT2D eigenvalue weighted by molar-refractivity contribution is -0.115. The summed E-state index contributed by atoms with van der Waals surface area (Å²) in [4.78, 5) is 31.3. The van der Waals surface area contributed by atoms with E-state index in [1.165, 1.54) is 27.7 Å². The van der Waals surface area contributed by atoms with E-state index in [2.05, 4.69) is 15.5 Å². The average molecular weight is 378 g/mol. The van der Waals surface area contributed by atoms with Gasteiger partial charge in [-0.1, -0.05) is 16.9 Å². The standard InChI is InChI=1S/C16H18N4O3S2/c1-7-6-11(23-19-7)17-13(21)10(4)25-16-18-14-12(15(22)20(16)5)8(2)9(3)24-14/h6,10H,1-5H3,(H,17,21)/t10-/m0/s1. The highest BCUT2D eigenvalue weighted by molar-refractivity contribution is 8.00. The Labute approximate surface area is 152 Å². The van der Waals surface area contributed by atoms with Crippen molar-refractivity contribution >= 4 is 45.1 Å². The van der Waals surface area contributed by atoms with E-state index in [0.29, 0.717) is 27.0 Å². The summed E-state index contributed by atoms with van der Waals surface area (Å²) in [6.07, 6.45) is 0. The van der Waals surface area contributed by atoms with Crippen molar-refractivity contribution in [1.29, 1.82) is 0 Å². The van der Waals surface area contributed by atoms with Crippen LogP contribution in [-0.2, 0) is 11.8 Å². The number of thioether (sulfide) groups is 1. The lowest BCUT2D eigenvalue weighted by atomic mass is 10.2. The molecule has 0 aliphatic rings. The lowest BCUT2D eigenvalue weighted by Gasteiger charge is -2.12. The van der Waals surface area contributed by atoms with E-state index in [0.717, 1.165) is 10.4 Å². The maximum atomic E-state index is 12.6. The number of fused-ring (bicyclic) bond motifs is 1. The molecule has 1 N–H and O–H groups in total. The molecule has 1 amide bonds. The van der Waals surface area contributed by atoms with Crippen molar-refractivity contribution in [3.8, 4) is 0 Å². The highest BCUT2D eigenvalue weighted by atomic mass is 32.2. The second-order valence-electron chi connectivity index (χ2n) is 5.80. The number of hydrogen-bond acceptors (Lipinski definition) is 7. The minimum absolute atomic E-state index is 0.0900. The number of carbonyl (C=O) groups is 1. The Bertz CT molecular complexity index is 1020. The van der Waals surface area contributed by atoms with Crippen molar-refractivity contribution in [3.05, 3.63) is 32.6 Å². The molecule has 0 aromatic carbocycles. The average Bonchev–Trinajstić information content (AvgIpc) is 3.08. The molecule has 0 aliphatic carbocycles. The number of hydrogen-bond donors (Lipinski definition) is 1. The van der Waals surface area contributed by atoms with Gasteiger partial charge in [-0.3, -0.25) is 19.5 Å². The monoisotopic (exact) mass is 378 g/mol. The highest BCUT2D eigenvalue weighted by Crippen LogP contribution is 2.29. The fourth-order valence-corrected chi connectivity index (χ4v) is 4.26. The van der Waals surface area contributed by atoms with Crippen LogP contribution in [0.1, 0.15) is 23.1 Å². The van der Waals surface area contributed by atoms with Gasteiger partial charge in [0.1, 0.15) is 4.83 Å². The number of thiophene rings is 1. The van der Waals surface area contributed by atoms with Crippen LogP contribution in [0.3, 0.4) is 0 Å². The molecular formula is C16H18N4O3S2. The van der Waals surface area contributed by atoms with E-state index in [4.69, 9.17) is 4.52 Å². The molecule has 3 aromatic rings. The number of aromatic nitrogens is 3. The Balaban J connectivity index is 1.85. The Hall–Kier alpha value is -2.13. The first-order valence-electron chi connectivity index (χ1n) is 7.65. The molecule has 3 aromatic heterocycles. The van der Waals surface area contributed by atoms with Crippen LogP contribution in [-0.4, -0.2) is 25.9 Å². The number of rotatable bonds is 4. The van der Waals surface area contributed by atoms with Crippen LogP contribution < -0.4 is 10.9 Å². The molecule has 9 heteroatoms. The van der Waals surface area contributed by atoms with E-state index >= 15 is 0 Å². The molecule has 0 radical (unpaired) electrons. The molecule has 3 rings (SSSR count). The van der Waals surface area contributed by atoms with Crippen molar-refractivity contribution in [1.82, 2.24) is 14.7 Å². The minimum atomic E-state index is -0.455. The van der Waals surface area contributed by atoms with Gasteiger partial charge in [-0.05, 0) is 33.3 Å². The van der Waals surface area contributed by atoms with Crippen LogP contribution in [0.5, 0.6) is 0 Å². The molecule has 0 fully saturated rings. The lowest BCUT2D eigenvalue weighted by Crippen LogP contribution is -2.25. The second kappa shape index (κ2) is 6.64. The van der Waals surface area contributed by atoms with Crippen molar-refractivity contribution in [2.45, 2.75) is 38.1 Å². The molecule has 7 nitrogen and oxygen atoms in total. The van der Waals surface area contributed by atoms with E-state index in [1.807, 2.05) is 13.8 Å². The number of amides is 1. The van der Waals surface area contributed by atoms with Gasteiger partial charge >= 0.3 is 0 Å². The van der Waals surface area contributed by atoms with Gasteiger partial charge < -0.3 is 4.52 Å². The van der Waals surface area contributed by atoms with Crippen molar-refractivity contribution in [2.24, 2.45) is 7.05 Å². The molecule has 25 heavy (non-hydrogen) atoms. The van der Waals surface area contributed by atoms with Crippen molar-refractivity contribution < 1.29 is 9.32 Å². The van der Waals surface area contributed by atoms with Gasteiger partial charge in [0.25, 0.3) is 5.56 Å². The Morgan fingerprint density at radius 3 is 2.76 bits per heavy atom. The Morgan fingerprint density at radius 2 is 2.12 bits per heavy atom. The predicted molar refractivity (Wildman–Crippen MR) is 99.5 cm³/mol. The number of nitrogens with one attached hydrogen (secondary N) is 1. The van der Waals surface area contributed by atoms with Crippen LogP contribution in [0, 0.1) is 20.8 Å². The largest absolute Gasteiger partial charge is 0.338 e. The molecule has 0 saturated carbocycles. The summed E-state index contributed by atoms with van der Waals surface area (Å²) in [6.45, 7) is 7.44. The quantitative estimate of drug-likeness (QED) is 0.554. The van der Waals surface area contributed by atoms with Crippen LogP contribution in [0.15, 0.2) is 20.5 Å². The molecule has 0 aliphatic heterocycles. The molecular weight excluding hydrogens is 360 g/mol. The van der Waals surface area contributed by atoms with Crippen molar-refractivity contribution in [3.63, 3.8) is 0 Å². The molecule has 0 unspecified atom stereocenters. The van der Waals surface area contributed by atoms with Crippen LogP contribution in [0.4, 0.5) is 5.88 Å². The summed E-state index contributed by atoms with van der Waals surface area (Å²) >= 11 is 2.73.